The highest BCUT2D eigenvalue weighted by Gasteiger charge is 2.31. The quantitative estimate of drug-likeness (QED) is 0.888. The average Bonchev–Trinajstić information content (AvgIpc) is 3.19. The third-order valence-corrected chi connectivity index (χ3v) is 4.56. The van der Waals surface area contributed by atoms with E-state index in [0.717, 1.165) is 38.2 Å². The molecular weight excluding hydrogens is 290 g/mol. The molecule has 1 saturated heterocycles. The van der Waals surface area contributed by atoms with Gasteiger partial charge < -0.3 is 9.84 Å². The highest BCUT2D eigenvalue weighted by atomic mass is 16.5. The molecule has 2 atom stereocenters. The number of methoxy groups -OCH3 is 1. The lowest BCUT2D eigenvalue weighted by molar-refractivity contribution is 0.175. The molecule has 3 rings (SSSR count). The SMILES string of the molecule is CCn1cc(CCN2C[C@@H](O)C[C@H]2c2cccc(OC)c2)cn1. The van der Waals surface area contributed by atoms with Crippen molar-refractivity contribution in [1.82, 2.24) is 14.7 Å². The van der Waals surface area contributed by atoms with Gasteiger partial charge in [-0.25, -0.2) is 0 Å². The number of nitrogens with zero attached hydrogens (tertiary/aromatic N) is 3. The summed E-state index contributed by atoms with van der Waals surface area (Å²) in [5.41, 5.74) is 2.46. The standard InChI is InChI=1S/C18H25N3O2/c1-3-21-12-14(11-19-21)7-8-20-13-16(22)10-18(20)15-5-4-6-17(9-15)23-2/h4-6,9,11-12,16,18,22H,3,7-8,10,13H2,1-2H3/t16-,18-/m0/s1. The lowest BCUT2D eigenvalue weighted by atomic mass is 10.0. The predicted molar refractivity (Wildman–Crippen MR) is 89.5 cm³/mol. The number of aryl methyl sites for hydroxylation is 1. The Kier molecular flexibility index (Phi) is 4.98. The minimum atomic E-state index is -0.260. The molecule has 0 amide bonds. The summed E-state index contributed by atoms with van der Waals surface area (Å²) >= 11 is 0. The summed E-state index contributed by atoms with van der Waals surface area (Å²) in [4.78, 5) is 2.36. The van der Waals surface area contributed by atoms with Crippen LogP contribution < -0.4 is 4.74 Å². The van der Waals surface area contributed by atoms with E-state index in [1.807, 2.05) is 23.0 Å². The van der Waals surface area contributed by atoms with Crippen molar-refractivity contribution in [2.75, 3.05) is 20.2 Å². The van der Waals surface area contributed by atoms with E-state index in [4.69, 9.17) is 4.74 Å². The molecule has 0 aliphatic carbocycles. The summed E-state index contributed by atoms with van der Waals surface area (Å²) < 4.78 is 7.28. The summed E-state index contributed by atoms with van der Waals surface area (Å²) in [5.74, 6) is 0.869. The molecule has 23 heavy (non-hydrogen) atoms. The Morgan fingerprint density at radius 1 is 1.39 bits per heavy atom. The zero-order valence-corrected chi connectivity index (χ0v) is 13.9. The third-order valence-electron chi connectivity index (χ3n) is 4.56. The number of likely N-dealkylation sites (tertiary alicyclic amines) is 1. The molecular formula is C18H25N3O2. The Balaban J connectivity index is 1.69. The van der Waals surface area contributed by atoms with Crippen LogP contribution in [-0.4, -0.2) is 46.1 Å². The second kappa shape index (κ2) is 7.15. The normalized spacial score (nSPS) is 21.7. The predicted octanol–water partition coefficient (Wildman–Crippen LogP) is 2.26. The van der Waals surface area contributed by atoms with Crippen LogP contribution in [0.15, 0.2) is 36.7 Å². The number of benzene rings is 1. The molecule has 1 aromatic heterocycles. The van der Waals surface area contributed by atoms with Gasteiger partial charge in [0, 0.05) is 31.9 Å². The monoisotopic (exact) mass is 315 g/mol. The van der Waals surface area contributed by atoms with Crippen molar-refractivity contribution in [2.24, 2.45) is 0 Å². The highest BCUT2D eigenvalue weighted by Crippen LogP contribution is 2.33. The number of hydrogen-bond acceptors (Lipinski definition) is 4. The number of β-amino-alcohol motifs (C(OH)–C–C–N with tert-alkyl or cyclic N) is 1. The maximum Gasteiger partial charge on any atom is 0.119 e. The average molecular weight is 315 g/mol. The Labute approximate surface area is 137 Å². The summed E-state index contributed by atoms with van der Waals surface area (Å²) in [5, 5.41) is 14.4. The first-order valence-corrected chi connectivity index (χ1v) is 8.27. The molecule has 124 valence electrons. The van der Waals surface area contributed by atoms with Gasteiger partial charge in [-0.05, 0) is 43.0 Å². The van der Waals surface area contributed by atoms with Crippen molar-refractivity contribution in [3.63, 3.8) is 0 Å². The van der Waals surface area contributed by atoms with Crippen LogP contribution in [0, 0.1) is 0 Å². The van der Waals surface area contributed by atoms with E-state index in [0.29, 0.717) is 0 Å². The fourth-order valence-corrected chi connectivity index (χ4v) is 3.30. The zero-order valence-electron chi connectivity index (χ0n) is 13.9. The van der Waals surface area contributed by atoms with E-state index in [-0.39, 0.29) is 12.1 Å². The van der Waals surface area contributed by atoms with E-state index in [1.165, 1.54) is 11.1 Å². The molecule has 1 aromatic carbocycles. The number of hydrogen-bond donors (Lipinski definition) is 1. The third kappa shape index (κ3) is 3.74. The molecule has 5 nitrogen and oxygen atoms in total. The van der Waals surface area contributed by atoms with E-state index in [1.54, 1.807) is 7.11 Å². The fourth-order valence-electron chi connectivity index (χ4n) is 3.30. The van der Waals surface area contributed by atoms with Crippen LogP contribution in [0.4, 0.5) is 0 Å². The Hall–Kier alpha value is -1.85. The first kappa shape index (κ1) is 16.0. The largest absolute Gasteiger partial charge is 0.497 e. The van der Waals surface area contributed by atoms with Crippen LogP contribution in [0.25, 0.3) is 0 Å². The molecule has 0 saturated carbocycles. The van der Waals surface area contributed by atoms with Gasteiger partial charge in [-0.1, -0.05) is 12.1 Å². The molecule has 0 unspecified atom stereocenters. The Morgan fingerprint density at radius 2 is 2.26 bits per heavy atom. The second-order valence-corrected chi connectivity index (χ2v) is 6.13. The van der Waals surface area contributed by atoms with Gasteiger partial charge in [0.2, 0.25) is 0 Å². The summed E-state index contributed by atoms with van der Waals surface area (Å²) in [6.07, 6.45) is 5.52. The molecule has 2 aromatic rings. The maximum atomic E-state index is 10.1. The zero-order chi connectivity index (χ0) is 16.2. The highest BCUT2D eigenvalue weighted by molar-refractivity contribution is 5.31. The second-order valence-electron chi connectivity index (χ2n) is 6.13. The van der Waals surface area contributed by atoms with E-state index >= 15 is 0 Å². The van der Waals surface area contributed by atoms with Crippen LogP contribution in [0.3, 0.4) is 0 Å². The van der Waals surface area contributed by atoms with Crippen LogP contribution in [0.1, 0.15) is 30.5 Å². The van der Waals surface area contributed by atoms with Gasteiger partial charge in [0.25, 0.3) is 0 Å². The number of aliphatic hydroxyl groups excluding tert-OH is 1. The van der Waals surface area contributed by atoms with E-state index in [2.05, 4.69) is 35.3 Å². The number of aliphatic hydroxyl groups is 1. The maximum absolute atomic E-state index is 10.1. The lowest BCUT2D eigenvalue weighted by Crippen LogP contribution is -2.27. The van der Waals surface area contributed by atoms with Crippen molar-refractivity contribution >= 4 is 0 Å². The van der Waals surface area contributed by atoms with Gasteiger partial charge in [-0.15, -0.1) is 0 Å². The smallest absolute Gasteiger partial charge is 0.119 e. The van der Waals surface area contributed by atoms with Gasteiger partial charge in [-0.3, -0.25) is 9.58 Å². The van der Waals surface area contributed by atoms with Crippen molar-refractivity contribution in [1.29, 1.82) is 0 Å². The van der Waals surface area contributed by atoms with E-state index < -0.39 is 0 Å². The number of aromatic nitrogens is 2. The van der Waals surface area contributed by atoms with Crippen LogP contribution in [0.2, 0.25) is 0 Å². The molecule has 1 aliphatic heterocycles. The molecule has 2 heterocycles. The van der Waals surface area contributed by atoms with Crippen LogP contribution in [0.5, 0.6) is 5.75 Å². The first-order chi connectivity index (χ1) is 11.2. The molecule has 5 heteroatoms. The van der Waals surface area contributed by atoms with Crippen molar-refractivity contribution < 1.29 is 9.84 Å². The molecule has 0 radical (unpaired) electrons. The molecule has 0 bridgehead atoms. The summed E-state index contributed by atoms with van der Waals surface area (Å²) in [6, 6.07) is 8.42. The summed E-state index contributed by atoms with van der Waals surface area (Å²) in [7, 11) is 1.69. The molecule has 1 aliphatic rings. The number of ether oxygens (including phenoxy) is 1. The van der Waals surface area contributed by atoms with Crippen molar-refractivity contribution in [3.8, 4) is 5.75 Å². The summed E-state index contributed by atoms with van der Waals surface area (Å²) in [6.45, 7) is 4.64. The van der Waals surface area contributed by atoms with Gasteiger partial charge in [0.05, 0.1) is 19.4 Å². The van der Waals surface area contributed by atoms with Gasteiger partial charge >= 0.3 is 0 Å². The van der Waals surface area contributed by atoms with Crippen LogP contribution >= 0.6 is 0 Å². The minimum Gasteiger partial charge on any atom is -0.497 e. The van der Waals surface area contributed by atoms with Gasteiger partial charge in [0.1, 0.15) is 5.75 Å². The molecule has 1 N–H and O–H groups in total. The van der Waals surface area contributed by atoms with Gasteiger partial charge in [0.15, 0.2) is 0 Å². The lowest BCUT2D eigenvalue weighted by Gasteiger charge is -2.24. The minimum absolute atomic E-state index is 0.251. The van der Waals surface area contributed by atoms with Gasteiger partial charge in [-0.2, -0.15) is 5.10 Å². The Bertz CT molecular complexity index is 641. The van der Waals surface area contributed by atoms with Crippen LogP contribution in [-0.2, 0) is 13.0 Å². The first-order valence-electron chi connectivity index (χ1n) is 8.27. The number of rotatable bonds is 6. The fraction of sp³-hybridized carbons (Fsp3) is 0.500. The molecule has 1 fully saturated rings. The van der Waals surface area contributed by atoms with E-state index in [9.17, 15) is 5.11 Å². The van der Waals surface area contributed by atoms with Crippen molar-refractivity contribution in [2.45, 2.75) is 38.5 Å². The topological polar surface area (TPSA) is 50.5 Å². The van der Waals surface area contributed by atoms with Crippen molar-refractivity contribution in [3.05, 3.63) is 47.8 Å². The Morgan fingerprint density at radius 3 is 3.00 bits per heavy atom. The molecule has 0 spiro atoms.